The molecule has 1 aliphatic carbocycles. The molecular weight excluding hydrogens is 205 g/mol. The van der Waals surface area contributed by atoms with Crippen LogP contribution in [0.2, 0.25) is 0 Å². The minimum absolute atomic E-state index is 0.0235. The van der Waals surface area contributed by atoms with Gasteiger partial charge in [-0.05, 0) is 31.4 Å². The van der Waals surface area contributed by atoms with E-state index in [9.17, 15) is 9.18 Å². The lowest BCUT2D eigenvalue weighted by molar-refractivity contribution is -0.120. The molecule has 84 valence electrons. The Morgan fingerprint density at radius 3 is 2.81 bits per heavy atom. The number of allylic oxidation sites excluding steroid dienone is 2. The van der Waals surface area contributed by atoms with Gasteiger partial charge in [0.15, 0.2) is 0 Å². The molecule has 0 fully saturated rings. The second-order valence-electron chi connectivity index (χ2n) is 3.95. The van der Waals surface area contributed by atoms with Crippen LogP contribution in [0.3, 0.4) is 0 Å². The van der Waals surface area contributed by atoms with Gasteiger partial charge in [-0.3, -0.25) is 4.79 Å². The van der Waals surface area contributed by atoms with E-state index in [1.807, 2.05) is 6.08 Å². The Labute approximate surface area is 94.2 Å². The van der Waals surface area contributed by atoms with Gasteiger partial charge in [-0.25, -0.2) is 4.39 Å². The number of para-hydroxylation sites is 1. The first-order chi connectivity index (χ1) is 7.77. The van der Waals surface area contributed by atoms with Crippen molar-refractivity contribution in [3.8, 4) is 0 Å². The van der Waals surface area contributed by atoms with Crippen LogP contribution in [0.4, 0.5) is 10.1 Å². The molecule has 1 aliphatic rings. The summed E-state index contributed by atoms with van der Waals surface area (Å²) in [6.07, 6.45) is 6.61. The van der Waals surface area contributed by atoms with E-state index in [4.69, 9.17) is 0 Å². The highest BCUT2D eigenvalue weighted by Crippen LogP contribution is 2.21. The van der Waals surface area contributed by atoms with Gasteiger partial charge in [0.2, 0.25) is 5.91 Å². The molecule has 0 aliphatic heterocycles. The Kier molecular flexibility index (Phi) is 3.34. The highest BCUT2D eigenvalue weighted by molar-refractivity contribution is 5.92. The normalized spacial score (nSPS) is 19.4. The van der Waals surface area contributed by atoms with E-state index >= 15 is 0 Å². The topological polar surface area (TPSA) is 29.1 Å². The highest BCUT2D eigenvalue weighted by Gasteiger charge is 2.19. The summed E-state index contributed by atoms with van der Waals surface area (Å²) in [4.78, 5) is 11.8. The van der Waals surface area contributed by atoms with Crippen molar-refractivity contribution in [1.82, 2.24) is 0 Å². The van der Waals surface area contributed by atoms with Crippen LogP contribution in [0.1, 0.15) is 19.3 Å². The maximum atomic E-state index is 13.3. The van der Waals surface area contributed by atoms with E-state index < -0.39 is 0 Å². The van der Waals surface area contributed by atoms with Crippen molar-refractivity contribution in [2.24, 2.45) is 5.92 Å². The zero-order valence-corrected chi connectivity index (χ0v) is 8.95. The third-order valence-corrected chi connectivity index (χ3v) is 2.77. The highest BCUT2D eigenvalue weighted by atomic mass is 19.1. The number of halogens is 1. The van der Waals surface area contributed by atoms with Gasteiger partial charge in [0.25, 0.3) is 0 Å². The second-order valence-corrected chi connectivity index (χ2v) is 3.95. The molecule has 0 spiro atoms. The Balaban J connectivity index is 2.02. The van der Waals surface area contributed by atoms with E-state index in [1.54, 1.807) is 18.2 Å². The van der Waals surface area contributed by atoms with Gasteiger partial charge in [-0.15, -0.1) is 0 Å². The summed E-state index contributed by atoms with van der Waals surface area (Å²) in [5.41, 5.74) is 0.266. The molecule has 1 atom stereocenters. The molecule has 1 unspecified atom stereocenters. The van der Waals surface area contributed by atoms with Gasteiger partial charge in [0, 0.05) is 5.92 Å². The van der Waals surface area contributed by atoms with E-state index in [1.165, 1.54) is 6.07 Å². The number of benzene rings is 1. The zero-order valence-electron chi connectivity index (χ0n) is 8.95. The van der Waals surface area contributed by atoms with Gasteiger partial charge in [0.05, 0.1) is 5.69 Å². The van der Waals surface area contributed by atoms with Crippen LogP contribution < -0.4 is 5.32 Å². The Bertz CT molecular complexity index is 414. The maximum Gasteiger partial charge on any atom is 0.227 e. The first-order valence-corrected chi connectivity index (χ1v) is 5.48. The number of carbonyl (C=O) groups excluding carboxylic acids is 1. The summed E-state index contributed by atoms with van der Waals surface area (Å²) >= 11 is 0. The lowest BCUT2D eigenvalue weighted by atomic mass is 9.93. The number of carbonyl (C=O) groups is 1. The standard InChI is InChI=1S/C13H14FNO/c14-11-8-4-5-9-12(11)15-13(16)10-6-2-1-3-7-10/h1-2,4-5,8-10H,3,6-7H2,(H,15,16). The van der Waals surface area contributed by atoms with Crippen molar-refractivity contribution in [3.05, 3.63) is 42.2 Å². The zero-order chi connectivity index (χ0) is 11.4. The summed E-state index contributed by atoms with van der Waals surface area (Å²) in [6, 6.07) is 6.23. The number of hydrogen-bond donors (Lipinski definition) is 1. The second kappa shape index (κ2) is 4.92. The molecule has 0 radical (unpaired) electrons. The van der Waals surface area contributed by atoms with Crippen LogP contribution in [0.5, 0.6) is 0 Å². The maximum absolute atomic E-state index is 13.3. The molecule has 2 rings (SSSR count). The fourth-order valence-corrected chi connectivity index (χ4v) is 1.83. The fourth-order valence-electron chi connectivity index (χ4n) is 1.83. The molecule has 1 amide bonds. The van der Waals surface area contributed by atoms with Crippen molar-refractivity contribution < 1.29 is 9.18 Å². The molecule has 1 N–H and O–H groups in total. The van der Waals surface area contributed by atoms with Crippen LogP contribution in [0, 0.1) is 11.7 Å². The van der Waals surface area contributed by atoms with E-state index in [2.05, 4.69) is 11.4 Å². The molecule has 0 saturated carbocycles. The summed E-state index contributed by atoms with van der Waals surface area (Å²) in [7, 11) is 0. The number of amides is 1. The van der Waals surface area contributed by atoms with E-state index in [-0.39, 0.29) is 23.3 Å². The molecule has 1 aromatic carbocycles. The molecule has 3 heteroatoms. The van der Waals surface area contributed by atoms with Crippen LogP contribution >= 0.6 is 0 Å². The number of anilines is 1. The van der Waals surface area contributed by atoms with Crippen LogP contribution in [-0.2, 0) is 4.79 Å². The molecule has 1 aromatic rings. The van der Waals surface area contributed by atoms with Crippen molar-refractivity contribution in [2.45, 2.75) is 19.3 Å². The van der Waals surface area contributed by atoms with Crippen LogP contribution in [0.15, 0.2) is 36.4 Å². The minimum atomic E-state index is -0.387. The lowest BCUT2D eigenvalue weighted by Crippen LogP contribution is -2.23. The molecule has 16 heavy (non-hydrogen) atoms. The van der Waals surface area contributed by atoms with Crippen molar-refractivity contribution in [3.63, 3.8) is 0 Å². The average molecular weight is 219 g/mol. The summed E-state index contributed by atoms with van der Waals surface area (Å²) in [6.45, 7) is 0. The van der Waals surface area contributed by atoms with Crippen LogP contribution in [-0.4, -0.2) is 5.91 Å². The smallest absolute Gasteiger partial charge is 0.227 e. The number of rotatable bonds is 2. The molecular formula is C13H14FNO. The van der Waals surface area contributed by atoms with Crippen molar-refractivity contribution in [2.75, 3.05) is 5.32 Å². The largest absolute Gasteiger partial charge is 0.323 e. The van der Waals surface area contributed by atoms with Crippen molar-refractivity contribution in [1.29, 1.82) is 0 Å². The molecule has 2 nitrogen and oxygen atoms in total. The Morgan fingerprint density at radius 1 is 1.31 bits per heavy atom. The third kappa shape index (κ3) is 2.48. The van der Waals surface area contributed by atoms with E-state index in [0.717, 1.165) is 19.3 Å². The molecule has 0 aromatic heterocycles. The minimum Gasteiger partial charge on any atom is -0.323 e. The van der Waals surface area contributed by atoms with Crippen LogP contribution in [0.25, 0.3) is 0 Å². The fraction of sp³-hybridized carbons (Fsp3) is 0.308. The number of nitrogens with one attached hydrogen (secondary N) is 1. The summed E-state index contributed by atoms with van der Waals surface area (Å²) < 4.78 is 13.3. The van der Waals surface area contributed by atoms with Gasteiger partial charge in [-0.2, -0.15) is 0 Å². The Morgan fingerprint density at radius 2 is 2.12 bits per heavy atom. The molecule has 0 bridgehead atoms. The Hall–Kier alpha value is -1.64. The predicted octanol–water partition coefficient (Wildman–Crippen LogP) is 3.12. The van der Waals surface area contributed by atoms with Gasteiger partial charge in [-0.1, -0.05) is 24.3 Å². The monoisotopic (exact) mass is 219 g/mol. The first kappa shape index (κ1) is 10.9. The van der Waals surface area contributed by atoms with Gasteiger partial charge in [0.1, 0.15) is 5.82 Å². The van der Waals surface area contributed by atoms with Crippen molar-refractivity contribution >= 4 is 11.6 Å². The first-order valence-electron chi connectivity index (χ1n) is 5.48. The average Bonchev–Trinajstić information content (AvgIpc) is 2.33. The van der Waals surface area contributed by atoms with Gasteiger partial charge < -0.3 is 5.32 Å². The number of hydrogen-bond acceptors (Lipinski definition) is 1. The molecule has 0 saturated heterocycles. The van der Waals surface area contributed by atoms with E-state index in [0.29, 0.717) is 0 Å². The summed E-state index contributed by atoms with van der Waals surface area (Å²) in [5.74, 6) is -0.499. The predicted molar refractivity (Wildman–Crippen MR) is 61.5 cm³/mol. The lowest BCUT2D eigenvalue weighted by Gasteiger charge is -2.17. The molecule has 0 heterocycles. The quantitative estimate of drug-likeness (QED) is 0.761. The SMILES string of the molecule is O=C(Nc1ccccc1F)C1CC=CCC1. The van der Waals surface area contributed by atoms with Gasteiger partial charge >= 0.3 is 0 Å². The summed E-state index contributed by atoms with van der Waals surface area (Å²) in [5, 5.41) is 2.63. The third-order valence-electron chi connectivity index (χ3n) is 2.77.